The van der Waals surface area contributed by atoms with Gasteiger partial charge >= 0.3 is 0 Å². The third-order valence-electron chi connectivity index (χ3n) is 5.89. The summed E-state index contributed by atoms with van der Waals surface area (Å²) in [6.45, 7) is 2.24. The Bertz CT molecular complexity index is 1170. The minimum absolute atomic E-state index is 0.00648. The highest BCUT2D eigenvalue weighted by Gasteiger charge is 2.46. The molecule has 0 radical (unpaired) electrons. The Morgan fingerprint density at radius 1 is 0.875 bits per heavy atom. The fourth-order valence-electron chi connectivity index (χ4n) is 4.28. The van der Waals surface area contributed by atoms with E-state index < -0.39 is 5.54 Å². The van der Waals surface area contributed by atoms with E-state index in [0.29, 0.717) is 18.9 Å². The van der Waals surface area contributed by atoms with E-state index in [0.717, 1.165) is 29.3 Å². The second kappa shape index (κ2) is 8.49. The third kappa shape index (κ3) is 3.98. The third-order valence-corrected chi connectivity index (χ3v) is 5.89. The number of nitrogens with zero attached hydrogens (tertiary/aromatic N) is 3. The van der Waals surface area contributed by atoms with Gasteiger partial charge in [0.05, 0.1) is 12.3 Å². The van der Waals surface area contributed by atoms with E-state index in [4.69, 9.17) is 15.6 Å². The molecule has 0 bridgehead atoms. The van der Waals surface area contributed by atoms with Crippen molar-refractivity contribution in [1.29, 1.82) is 0 Å². The van der Waals surface area contributed by atoms with Crippen LogP contribution in [0.4, 0.5) is 5.82 Å². The van der Waals surface area contributed by atoms with Crippen LogP contribution in [0.5, 0.6) is 11.5 Å². The van der Waals surface area contributed by atoms with Crippen LogP contribution in [0.15, 0.2) is 91.0 Å². The van der Waals surface area contributed by atoms with E-state index in [-0.39, 0.29) is 6.61 Å². The van der Waals surface area contributed by atoms with Crippen LogP contribution in [0, 0.1) is 0 Å². The number of likely N-dealkylation sites (tertiary alicyclic amines) is 1. The Labute approximate surface area is 187 Å². The first-order valence-electron chi connectivity index (χ1n) is 10.7. The lowest BCUT2D eigenvalue weighted by Crippen LogP contribution is -2.64. The van der Waals surface area contributed by atoms with Gasteiger partial charge in [0.2, 0.25) is 0 Å². The molecule has 1 saturated heterocycles. The highest BCUT2D eigenvalue weighted by atomic mass is 16.5. The fourth-order valence-corrected chi connectivity index (χ4v) is 4.28. The van der Waals surface area contributed by atoms with Gasteiger partial charge < -0.3 is 15.6 Å². The molecule has 1 aliphatic heterocycles. The lowest BCUT2D eigenvalue weighted by atomic mass is 9.90. The van der Waals surface area contributed by atoms with Gasteiger partial charge in [0, 0.05) is 31.3 Å². The number of rotatable bonds is 7. The number of benzene rings is 3. The second-order valence-electron chi connectivity index (χ2n) is 8.32. The molecule has 0 unspecified atom stereocenters. The molecule has 162 valence electrons. The van der Waals surface area contributed by atoms with Crippen molar-refractivity contribution >= 4 is 5.82 Å². The number of aliphatic hydroxyl groups excluding tert-OH is 1. The van der Waals surface area contributed by atoms with Crippen molar-refractivity contribution < 1.29 is 9.84 Å². The smallest absolute Gasteiger partial charge is 0.127 e. The van der Waals surface area contributed by atoms with Gasteiger partial charge in [0.25, 0.3) is 0 Å². The van der Waals surface area contributed by atoms with Crippen molar-refractivity contribution in [2.75, 3.05) is 25.4 Å². The summed E-state index contributed by atoms with van der Waals surface area (Å²) in [5.74, 6) is 2.11. The van der Waals surface area contributed by atoms with Gasteiger partial charge in [-0.2, -0.15) is 5.10 Å². The van der Waals surface area contributed by atoms with E-state index in [1.165, 1.54) is 5.56 Å². The number of hydrogen-bond donors (Lipinski definition) is 2. The maximum absolute atomic E-state index is 10.2. The van der Waals surface area contributed by atoms with Crippen LogP contribution in [0.1, 0.15) is 5.56 Å². The van der Waals surface area contributed by atoms with Gasteiger partial charge in [-0.25, -0.2) is 4.68 Å². The summed E-state index contributed by atoms with van der Waals surface area (Å²) in [6.07, 6.45) is 0. The number of ether oxygens (including phenoxy) is 1. The van der Waals surface area contributed by atoms with Gasteiger partial charge in [0.1, 0.15) is 22.9 Å². The summed E-state index contributed by atoms with van der Waals surface area (Å²) in [4.78, 5) is 2.29. The van der Waals surface area contributed by atoms with Crippen molar-refractivity contribution in [1.82, 2.24) is 14.7 Å². The molecule has 0 spiro atoms. The summed E-state index contributed by atoms with van der Waals surface area (Å²) >= 11 is 0. The molecular weight excluding hydrogens is 400 g/mol. The van der Waals surface area contributed by atoms with Crippen LogP contribution in [-0.4, -0.2) is 39.5 Å². The predicted molar refractivity (Wildman–Crippen MR) is 125 cm³/mol. The lowest BCUT2D eigenvalue weighted by molar-refractivity contribution is -0.0407. The van der Waals surface area contributed by atoms with Crippen LogP contribution in [-0.2, 0) is 12.1 Å². The summed E-state index contributed by atoms with van der Waals surface area (Å²) in [6, 6.07) is 29.7. The minimum Gasteiger partial charge on any atom is -0.457 e. The Morgan fingerprint density at radius 3 is 2.16 bits per heavy atom. The normalized spacial score (nSPS) is 15.3. The molecule has 0 atom stereocenters. The van der Waals surface area contributed by atoms with Crippen LogP contribution in [0.2, 0.25) is 0 Å². The summed E-state index contributed by atoms with van der Waals surface area (Å²) in [7, 11) is 0. The highest BCUT2D eigenvalue weighted by molar-refractivity contribution is 5.63. The molecule has 4 aromatic rings. The molecule has 6 heteroatoms. The standard InChI is InChI=1S/C26H26N4O2/c27-25-15-24(21-11-13-23(14-12-21)32-22-9-5-2-6-10-22)28-30(25)26(19-31)17-29(18-26)16-20-7-3-1-4-8-20/h1-15,31H,16-19,27H2. The first-order chi connectivity index (χ1) is 15.6. The zero-order valence-corrected chi connectivity index (χ0v) is 17.8. The van der Waals surface area contributed by atoms with Crippen LogP contribution in [0.25, 0.3) is 11.3 Å². The topological polar surface area (TPSA) is 76.5 Å². The molecule has 3 aromatic carbocycles. The van der Waals surface area contributed by atoms with Gasteiger partial charge in [-0.3, -0.25) is 4.90 Å². The van der Waals surface area contributed by atoms with Crippen molar-refractivity contribution in [2.24, 2.45) is 0 Å². The zero-order valence-electron chi connectivity index (χ0n) is 17.8. The van der Waals surface area contributed by atoms with E-state index in [1.54, 1.807) is 4.68 Å². The van der Waals surface area contributed by atoms with E-state index in [2.05, 4.69) is 17.0 Å². The largest absolute Gasteiger partial charge is 0.457 e. The van der Waals surface area contributed by atoms with Crippen LogP contribution >= 0.6 is 0 Å². The van der Waals surface area contributed by atoms with Gasteiger partial charge in [-0.15, -0.1) is 0 Å². The average Bonchev–Trinajstić information content (AvgIpc) is 3.20. The number of hydrogen-bond acceptors (Lipinski definition) is 5. The van der Waals surface area contributed by atoms with Crippen LogP contribution < -0.4 is 10.5 Å². The van der Waals surface area contributed by atoms with Gasteiger partial charge in [0.15, 0.2) is 0 Å². The van der Waals surface area contributed by atoms with Crippen molar-refractivity contribution in [3.05, 3.63) is 96.6 Å². The van der Waals surface area contributed by atoms with Crippen molar-refractivity contribution in [3.8, 4) is 22.8 Å². The lowest BCUT2D eigenvalue weighted by Gasteiger charge is -2.49. The number of nitrogens with two attached hydrogens (primary N) is 1. The average molecular weight is 427 g/mol. The van der Waals surface area contributed by atoms with Gasteiger partial charge in [-0.05, 0) is 42.0 Å². The first kappa shape index (κ1) is 20.3. The minimum atomic E-state index is -0.493. The molecule has 6 nitrogen and oxygen atoms in total. The van der Waals surface area contributed by atoms with Crippen molar-refractivity contribution in [3.63, 3.8) is 0 Å². The molecule has 32 heavy (non-hydrogen) atoms. The Balaban J connectivity index is 1.30. The highest BCUT2D eigenvalue weighted by Crippen LogP contribution is 2.34. The van der Waals surface area contributed by atoms with Gasteiger partial charge in [-0.1, -0.05) is 48.5 Å². The van der Waals surface area contributed by atoms with E-state index in [1.807, 2.05) is 78.9 Å². The molecule has 0 amide bonds. The number of para-hydroxylation sites is 1. The second-order valence-corrected chi connectivity index (χ2v) is 8.32. The summed E-state index contributed by atoms with van der Waals surface area (Å²) in [5.41, 5.74) is 8.82. The number of nitrogen functional groups attached to an aromatic ring is 1. The molecule has 1 fully saturated rings. The van der Waals surface area contributed by atoms with E-state index >= 15 is 0 Å². The zero-order chi connectivity index (χ0) is 22.0. The maximum Gasteiger partial charge on any atom is 0.127 e. The van der Waals surface area contributed by atoms with E-state index in [9.17, 15) is 5.11 Å². The molecule has 0 aliphatic carbocycles. The number of anilines is 1. The SMILES string of the molecule is Nc1cc(-c2ccc(Oc3ccccc3)cc2)nn1C1(CO)CN(Cc2ccccc2)C1. The molecule has 3 N–H and O–H groups in total. The van der Waals surface area contributed by atoms with Crippen LogP contribution in [0.3, 0.4) is 0 Å². The quantitative estimate of drug-likeness (QED) is 0.465. The molecule has 2 heterocycles. The molecule has 5 rings (SSSR count). The Hall–Kier alpha value is -3.61. The Kier molecular flexibility index (Phi) is 5.39. The monoisotopic (exact) mass is 426 g/mol. The predicted octanol–water partition coefficient (Wildman–Crippen LogP) is 4.13. The maximum atomic E-state index is 10.2. The molecule has 0 saturated carbocycles. The molecular formula is C26H26N4O2. The van der Waals surface area contributed by atoms with Crippen molar-refractivity contribution in [2.45, 2.75) is 12.1 Å². The Morgan fingerprint density at radius 2 is 1.50 bits per heavy atom. The summed E-state index contributed by atoms with van der Waals surface area (Å²) in [5, 5.41) is 15.0. The fraction of sp³-hybridized carbons (Fsp3) is 0.192. The number of aliphatic hydroxyl groups is 1. The molecule has 1 aliphatic rings. The first-order valence-corrected chi connectivity index (χ1v) is 10.7. The summed E-state index contributed by atoms with van der Waals surface area (Å²) < 4.78 is 7.66. The molecule has 1 aromatic heterocycles. The number of aromatic nitrogens is 2.